The lowest BCUT2D eigenvalue weighted by Gasteiger charge is -2.32. The fourth-order valence-electron chi connectivity index (χ4n) is 2.25. The maximum atomic E-state index is 5.99. The molecule has 88 valence electrons. The molecule has 0 spiro atoms. The number of aromatic nitrogens is 1. The third kappa shape index (κ3) is 1.98. The number of benzene rings is 1. The molecule has 1 aromatic heterocycles. The fourth-order valence-corrected chi connectivity index (χ4v) is 2.25. The van der Waals surface area contributed by atoms with Crippen LogP contribution in [0.15, 0.2) is 30.3 Å². The second-order valence-electron chi connectivity index (χ2n) is 4.75. The minimum atomic E-state index is 0.273. The number of hydrogen-bond acceptors (Lipinski definition) is 3. The van der Waals surface area contributed by atoms with Crippen LogP contribution in [-0.2, 0) is 0 Å². The Balaban J connectivity index is 1.97. The van der Waals surface area contributed by atoms with E-state index in [1.54, 1.807) is 0 Å². The maximum Gasteiger partial charge on any atom is 0.130 e. The van der Waals surface area contributed by atoms with E-state index in [0.29, 0.717) is 6.04 Å². The molecule has 1 heterocycles. The van der Waals surface area contributed by atoms with Crippen LogP contribution >= 0.6 is 0 Å². The zero-order chi connectivity index (χ0) is 11.8. The summed E-state index contributed by atoms with van der Waals surface area (Å²) >= 11 is 0. The van der Waals surface area contributed by atoms with Gasteiger partial charge in [0.25, 0.3) is 0 Å². The highest BCUT2D eigenvalue weighted by atomic mass is 16.5. The molecular weight excluding hydrogens is 212 g/mol. The molecule has 0 aliphatic heterocycles. The number of nitrogens with zero attached hydrogens (tertiary/aromatic N) is 1. The molecule has 3 heteroatoms. The predicted octanol–water partition coefficient (Wildman–Crippen LogP) is 2.41. The van der Waals surface area contributed by atoms with E-state index in [2.05, 4.69) is 11.1 Å². The molecule has 2 aromatic rings. The summed E-state index contributed by atoms with van der Waals surface area (Å²) in [5.41, 5.74) is 7.75. The summed E-state index contributed by atoms with van der Waals surface area (Å²) in [5, 5.41) is 1.08. The first-order valence-corrected chi connectivity index (χ1v) is 6.01. The molecule has 1 saturated carbocycles. The van der Waals surface area contributed by atoms with Crippen LogP contribution in [0.1, 0.15) is 18.5 Å². The van der Waals surface area contributed by atoms with Gasteiger partial charge in [0.05, 0.1) is 5.52 Å². The van der Waals surface area contributed by atoms with E-state index >= 15 is 0 Å². The number of fused-ring (bicyclic) bond motifs is 1. The van der Waals surface area contributed by atoms with Gasteiger partial charge in [-0.15, -0.1) is 0 Å². The summed E-state index contributed by atoms with van der Waals surface area (Å²) in [6.07, 6.45) is 2.18. The standard InChI is InChI=1S/C14H16N2O/c1-9-6-14(17-11-7-10(15)8-11)12-4-2-3-5-13(12)16-9/h2-6,10-11H,7-8,15H2,1H3. The largest absolute Gasteiger partial charge is 0.490 e. The summed E-state index contributed by atoms with van der Waals surface area (Å²) in [5.74, 6) is 0.935. The molecule has 0 bridgehead atoms. The number of nitrogens with two attached hydrogens (primary N) is 1. The lowest BCUT2D eigenvalue weighted by molar-refractivity contribution is 0.102. The van der Waals surface area contributed by atoms with Crippen LogP contribution in [0, 0.1) is 6.92 Å². The minimum Gasteiger partial charge on any atom is -0.490 e. The normalized spacial score (nSPS) is 23.4. The highest BCUT2D eigenvalue weighted by Gasteiger charge is 2.28. The van der Waals surface area contributed by atoms with Gasteiger partial charge in [-0.3, -0.25) is 4.98 Å². The van der Waals surface area contributed by atoms with Gasteiger partial charge in [0.15, 0.2) is 0 Å². The molecule has 1 aliphatic rings. The summed E-state index contributed by atoms with van der Waals surface area (Å²) in [6, 6.07) is 10.4. The van der Waals surface area contributed by atoms with E-state index in [1.807, 2.05) is 31.2 Å². The molecule has 1 aliphatic carbocycles. The third-order valence-corrected chi connectivity index (χ3v) is 3.23. The third-order valence-electron chi connectivity index (χ3n) is 3.23. The van der Waals surface area contributed by atoms with Gasteiger partial charge >= 0.3 is 0 Å². The summed E-state index contributed by atoms with van der Waals surface area (Å²) in [6.45, 7) is 1.99. The van der Waals surface area contributed by atoms with Crippen LogP contribution in [0.3, 0.4) is 0 Å². The average Bonchev–Trinajstić information content (AvgIpc) is 2.26. The van der Waals surface area contributed by atoms with Crippen molar-refractivity contribution in [1.82, 2.24) is 4.98 Å². The number of rotatable bonds is 2. The Bertz CT molecular complexity index is 547. The van der Waals surface area contributed by atoms with Gasteiger partial charge in [-0.05, 0) is 31.9 Å². The molecule has 1 fully saturated rings. The second kappa shape index (κ2) is 4.00. The number of aryl methyl sites for hydroxylation is 1. The molecule has 0 radical (unpaired) electrons. The molecule has 3 rings (SSSR count). The van der Waals surface area contributed by atoms with Gasteiger partial charge in [-0.1, -0.05) is 12.1 Å². The lowest BCUT2D eigenvalue weighted by atomic mass is 9.90. The van der Waals surface area contributed by atoms with Gasteiger partial charge < -0.3 is 10.5 Å². The number of pyridine rings is 1. The molecule has 1 aromatic carbocycles. The number of para-hydroxylation sites is 1. The first-order chi connectivity index (χ1) is 8.22. The topological polar surface area (TPSA) is 48.1 Å². The quantitative estimate of drug-likeness (QED) is 0.858. The zero-order valence-electron chi connectivity index (χ0n) is 9.89. The first kappa shape index (κ1) is 10.5. The SMILES string of the molecule is Cc1cc(OC2CC(N)C2)c2ccccc2n1. The van der Waals surface area contributed by atoms with E-state index < -0.39 is 0 Å². The Kier molecular flexibility index (Phi) is 2.48. The van der Waals surface area contributed by atoms with Crippen LogP contribution in [0.5, 0.6) is 5.75 Å². The van der Waals surface area contributed by atoms with E-state index in [-0.39, 0.29) is 6.10 Å². The Morgan fingerprint density at radius 3 is 2.82 bits per heavy atom. The fraction of sp³-hybridized carbons (Fsp3) is 0.357. The number of hydrogen-bond donors (Lipinski definition) is 1. The van der Waals surface area contributed by atoms with Gasteiger partial charge in [0.1, 0.15) is 11.9 Å². The van der Waals surface area contributed by atoms with Crippen molar-refractivity contribution in [1.29, 1.82) is 0 Å². The Morgan fingerprint density at radius 2 is 2.06 bits per heavy atom. The van der Waals surface area contributed by atoms with E-state index in [1.165, 1.54) is 0 Å². The smallest absolute Gasteiger partial charge is 0.130 e. The Morgan fingerprint density at radius 1 is 1.29 bits per heavy atom. The molecule has 3 nitrogen and oxygen atoms in total. The molecule has 2 N–H and O–H groups in total. The van der Waals surface area contributed by atoms with Crippen LogP contribution in [-0.4, -0.2) is 17.1 Å². The molecule has 0 amide bonds. The van der Waals surface area contributed by atoms with Crippen LogP contribution in [0.4, 0.5) is 0 Å². The van der Waals surface area contributed by atoms with E-state index in [4.69, 9.17) is 10.5 Å². The van der Waals surface area contributed by atoms with Crippen molar-refractivity contribution in [2.45, 2.75) is 31.9 Å². The van der Waals surface area contributed by atoms with Crippen molar-refractivity contribution in [3.8, 4) is 5.75 Å². The van der Waals surface area contributed by atoms with E-state index in [0.717, 1.165) is 35.2 Å². The first-order valence-electron chi connectivity index (χ1n) is 6.01. The van der Waals surface area contributed by atoms with Gasteiger partial charge in [0, 0.05) is 23.2 Å². The average molecular weight is 228 g/mol. The lowest BCUT2D eigenvalue weighted by Crippen LogP contribution is -2.43. The highest BCUT2D eigenvalue weighted by molar-refractivity contribution is 5.85. The zero-order valence-corrected chi connectivity index (χ0v) is 9.89. The van der Waals surface area contributed by atoms with Gasteiger partial charge in [-0.2, -0.15) is 0 Å². The van der Waals surface area contributed by atoms with Crippen molar-refractivity contribution in [2.24, 2.45) is 5.73 Å². The second-order valence-corrected chi connectivity index (χ2v) is 4.75. The summed E-state index contributed by atoms with van der Waals surface area (Å²) in [4.78, 5) is 4.50. The van der Waals surface area contributed by atoms with Crippen LogP contribution in [0.25, 0.3) is 10.9 Å². The van der Waals surface area contributed by atoms with Gasteiger partial charge in [-0.25, -0.2) is 0 Å². The molecular formula is C14H16N2O. The van der Waals surface area contributed by atoms with Crippen molar-refractivity contribution in [3.63, 3.8) is 0 Å². The van der Waals surface area contributed by atoms with Gasteiger partial charge in [0.2, 0.25) is 0 Å². The van der Waals surface area contributed by atoms with Crippen molar-refractivity contribution in [3.05, 3.63) is 36.0 Å². The predicted molar refractivity (Wildman–Crippen MR) is 68.1 cm³/mol. The van der Waals surface area contributed by atoms with E-state index in [9.17, 15) is 0 Å². The number of ether oxygens (including phenoxy) is 1. The van der Waals surface area contributed by atoms with Crippen molar-refractivity contribution < 1.29 is 4.74 Å². The molecule has 0 saturated heterocycles. The highest BCUT2D eigenvalue weighted by Crippen LogP contribution is 2.30. The monoisotopic (exact) mass is 228 g/mol. The van der Waals surface area contributed by atoms with Crippen molar-refractivity contribution in [2.75, 3.05) is 0 Å². The summed E-state index contributed by atoms with van der Waals surface area (Å²) < 4.78 is 5.99. The Hall–Kier alpha value is -1.61. The van der Waals surface area contributed by atoms with Crippen LogP contribution in [0.2, 0.25) is 0 Å². The molecule has 0 atom stereocenters. The minimum absolute atomic E-state index is 0.273. The summed E-state index contributed by atoms with van der Waals surface area (Å²) in [7, 11) is 0. The Labute approximate surface area is 101 Å². The van der Waals surface area contributed by atoms with Crippen molar-refractivity contribution >= 4 is 10.9 Å². The molecule has 17 heavy (non-hydrogen) atoms. The maximum absolute atomic E-state index is 5.99. The molecule has 0 unspecified atom stereocenters. The van der Waals surface area contributed by atoms with Crippen LogP contribution < -0.4 is 10.5 Å².